The lowest BCUT2D eigenvalue weighted by atomic mass is 10.2. The van der Waals surface area contributed by atoms with Crippen LogP contribution >= 0.6 is 11.5 Å². The highest BCUT2D eigenvalue weighted by Crippen LogP contribution is 2.21. The molecule has 1 aromatic heterocycles. The Hall–Kier alpha value is -2.86. The van der Waals surface area contributed by atoms with E-state index in [9.17, 15) is 0 Å². The molecule has 0 aliphatic heterocycles. The van der Waals surface area contributed by atoms with Crippen molar-refractivity contribution < 1.29 is 4.74 Å². The van der Waals surface area contributed by atoms with Crippen LogP contribution in [0.2, 0.25) is 0 Å². The molecule has 25 heavy (non-hydrogen) atoms. The van der Waals surface area contributed by atoms with Gasteiger partial charge in [0, 0.05) is 16.6 Å². The first-order valence-corrected chi connectivity index (χ1v) is 8.64. The number of ether oxygens (including phenoxy) is 1. The fourth-order valence-electron chi connectivity index (χ4n) is 2.41. The summed E-state index contributed by atoms with van der Waals surface area (Å²) in [6.07, 6.45) is 0. The van der Waals surface area contributed by atoms with Gasteiger partial charge in [-0.3, -0.25) is 5.41 Å². The smallest absolute Gasteiger partial charge is 0.223 e. The molecule has 0 amide bonds. The fourth-order valence-corrected chi connectivity index (χ4v) is 3.18. The molecule has 2 aromatic carbocycles. The first kappa shape index (κ1) is 17.0. The van der Waals surface area contributed by atoms with Crippen molar-refractivity contribution in [1.82, 2.24) is 3.96 Å². The molecular formula is C19H20N4OS. The van der Waals surface area contributed by atoms with E-state index in [4.69, 9.17) is 15.1 Å². The topological polar surface area (TPSA) is 62.4 Å². The second-order valence-electron chi connectivity index (χ2n) is 5.66. The van der Waals surface area contributed by atoms with Crippen LogP contribution in [0.25, 0.3) is 0 Å². The molecule has 0 aliphatic carbocycles. The Labute approximate surface area is 150 Å². The lowest BCUT2D eigenvalue weighted by Gasteiger charge is -2.11. The van der Waals surface area contributed by atoms with Gasteiger partial charge in [0.2, 0.25) is 5.96 Å². The molecule has 128 valence electrons. The van der Waals surface area contributed by atoms with Crippen molar-refractivity contribution in [3.63, 3.8) is 0 Å². The van der Waals surface area contributed by atoms with Gasteiger partial charge < -0.3 is 10.1 Å². The van der Waals surface area contributed by atoms with E-state index in [1.807, 2.05) is 68.4 Å². The van der Waals surface area contributed by atoms with Gasteiger partial charge >= 0.3 is 0 Å². The first-order valence-electron chi connectivity index (χ1n) is 7.86. The highest BCUT2D eigenvalue weighted by molar-refractivity contribution is 7.07. The minimum atomic E-state index is 0.393. The SMILES string of the molecule is COc1cccc(N=C(Nc2cccc(C)c2)n2sc(C)cc2=N)c1. The lowest BCUT2D eigenvalue weighted by Crippen LogP contribution is -2.28. The maximum atomic E-state index is 8.20. The third kappa shape index (κ3) is 4.16. The highest BCUT2D eigenvalue weighted by Gasteiger charge is 2.08. The summed E-state index contributed by atoms with van der Waals surface area (Å²) in [6, 6.07) is 17.4. The second-order valence-corrected chi connectivity index (χ2v) is 6.85. The van der Waals surface area contributed by atoms with Crippen LogP contribution in [0, 0.1) is 19.3 Å². The number of benzene rings is 2. The van der Waals surface area contributed by atoms with E-state index < -0.39 is 0 Å². The Morgan fingerprint density at radius 3 is 2.60 bits per heavy atom. The summed E-state index contributed by atoms with van der Waals surface area (Å²) in [5.74, 6) is 1.33. The molecular weight excluding hydrogens is 332 g/mol. The number of hydrogen-bond donors (Lipinski definition) is 2. The van der Waals surface area contributed by atoms with Gasteiger partial charge in [0.25, 0.3) is 0 Å². The minimum absolute atomic E-state index is 0.393. The molecule has 0 radical (unpaired) electrons. The van der Waals surface area contributed by atoms with Crippen molar-refractivity contribution >= 4 is 28.9 Å². The van der Waals surface area contributed by atoms with Crippen molar-refractivity contribution in [2.45, 2.75) is 13.8 Å². The molecule has 0 atom stereocenters. The summed E-state index contributed by atoms with van der Waals surface area (Å²) in [6.45, 7) is 4.03. The van der Waals surface area contributed by atoms with Gasteiger partial charge in [-0.1, -0.05) is 29.7 Å². The number of aryl methyl sites for hydroxylation is 2. The van der Waals surface area contributed by atoms with E-state index in [1.54, 1.807) is 11.1 Å². The van der Waals surface area contributed by atoms with Crippen molar-refractivity contribution in [2.24, 2.45) is 4.99 Å². The molecule has 0 saturated carbocycles. The molecule has 0 fully saturated rings. The van der Waals surface area contributed by atoms with Crippen LogP contribution in [-0.4, -0.2) is 17.0 Å². The average Bonchev–Trinajstić information content (AvgIpc) is 2.93. The van der Waals surface area contributed by atoms with Gasteiger partial charge in [0.15, 0.2) is 0 Å². The highest BCUT2D eigenvalue weighted by atomic mass is 32.1. The quantitative estimate of drug-likeness (QED) is 0.545. The number of anilines is 1. The second kappa shape index (κ2) is 7.36. The van der Waals surface area contributed by atoms with Crippen LogP contribution in [0.3, 0.4) is 0 Å². The van der Waals surface area contributed by atoms with E-state index in [0.29, 0.717) is 11.4 Å². The Morgan fingerprint density at radius 2 is 1.92 bits per heavy atom. The maximum absolute atomic E-state index is 8.20. The van der Waals surface area contributed by atoms with Crippen LogP contribution in [-0.2, 0) is 0 Å². The standard InChI is InChI=1S/C19H20N4OS/c1-13-6-4-7-15(10-13)21-19(23-18(20)11-14(2)25-23)22-16-8-5-9-17(12-16)24-3/h4-12,20H,1-3H3,(H,21,22). The number of aliphatic imine (C=N–C) groups is 1. The summed E-state index contributed by atoms with van der Waals surface area (Å²) in [5.41, 5.74) is 3.24. The van der Waals surface area contributed by atoms with Gasteiger partial charge in [-0.05, 0) is 49.7 Å². The third-order valence-corrected chi connectivity index (χ3v) is 4.51. The van der Waals surface area contributed by atoms with Gasteiger partial charge in [0.1, 0.15) is 11.2 Å². The molecule has 0 spiro atoms. The third-order valence-electron chi connectivity index (χ3n) is 3.55. The molecule has 3 aromatic rings. The van der Waals surface area contributed by atoms with Gasteiger partial charge in [-0.2, -0.15) is 0 Å². The van der Waals surface area contributed by atoms with Crippen molar-refractivity contribution in [2.75, 3.05) is 12.4 Å². The zero-order valence-electron chi connectivity index (χ0n) is 14.4. The van der Waals surface area contributed by atoms with Gasteiger partial charge in [-0.15, -0.1) is 0 Å². The lowest BCUT2D eigenvalue weighted by molar-refractivity contribution is 0.415. The molecule has 5 nitrogen and oxygen atoms in total. The van der Waals surface area contributed by atoms with E-state index >= 15 is 0 Å². The summed E-state index contributed by atoms with van der Waals surface area (Å²) in [4.78, 5) is 5.77. The zero-order chi connectivity index (χ0) is 17.8. The van der Waals surface area contributed by atoms with Gasteiger partial charge in [0.05, 0.1) is 12.8 Å². The first-order chi connectivity index (χ1) is 12.0. The Kier molecular flexibility index (Phi) is 5.00. The monoisotopic (exact) mass is 352 g/mol. The van der Waals surface area contributed by atoms with E-state index in [-0.39, 0.29) is 0 Å². The predicted molar refractivity (Wildman–Crippen MR) is 103 cm³/mol. The van der Waals surface area contributed by atoms with Crippen LogP contribution in [0.4, 0.5) is 11.4 Å². The average molecular weight is 352 g/mol. The van der Waals surface area contributed by atoms with Crippen molar-refractivity contribution in [3.05, 3.63) is 70.5 Å². The summed E-state index contributed by atoms with van der Waals surface area (Å²) in [7, 11) is 1.63. The molecule has 0 unspecified atom stereocenters. The number of nitrogens with one attached hydrogen (secondary N) is 2. The number of rotatable bonds is 3. The molecule has 2 N–H and O–H groups in total. The van der Waals surface area contributed by atoms with Crippen LogP contribution in [0.1, 0.15) is 10.4 Å². The minimum Gasteiger partial charge on any atom is -0.497 e. The number of nitrogens with zero attached hydrogens (tertiary/aromatic N) is 2. The largest absolute Gasteiger partial charge is 0.497 e. The summed E-state index contributed by atoms with van der Waals surface area (Å²) < 4.78 is 7.05. The molecule has 0 aliphatic rings. The van der Waals surface area contributed by atoms with Crippen LogP contribution in [0.5, 0.6) is 5.75 Å². The number of aromatic nitrogens is 1. The molecule has 0 bridgehead atoms. The summed E-state index contributed by atoms with van der Waals surface area (Å²) in [5, 5.41) is 11.5. The van der Waals surface area contributed by atoms with E-state index in [0.717, 1.165) is 27.6 Å². The Bertz CT molecular complexity index is 971. The number of methoxy groups -OCH3 is 1. The molecule has 6 heteroatoms. The normalized spacial score (nSPS) is 11.4. The fraction of sp³-hybridized carbons (Fsp3) is 0.158. The maximum Gasteiger partial charge on any atom is 0.223 e. The van der Waals surface area contributed by atoms with Crippen molar-refractivity contribution in [1.29, 1.82) is 5.41 Å². The molecule has 3 rings (SSSR count). The van der Waals surface area contributed by atoms with Crippen LogP contribution < -0.4 is 15.5 Å². The Balaban J connectivity index is 2.06. The van der Waals surface area contributed by atoms with E-state index in [2.05, 4.69) is 5.32 Å². The Morgan fingerprint density at radius 1 is 1.12 bits per heavy atom. The predicted octanol–water partition coefficient (Wildman–Crippen LogP) is 4.30. The number of hydrogen-bond acceptors (Lipinski definition) is 4. The zero-order valence-corrected chi connectivity index (χ0v) is 15.2. The molecule has 1 heterocycles. The van der Waals surface area contributed by atoms with Crippen molar-refractivity contribution in [3.8, 4) is 5.75 Å². The van der Waals surface area contributed by atoms with Gasteiger partial charge in [-0.25, -0.2) is 8.95 Å². The van der Waals surface area contributed by atoms with Crippen LogP contribution in [0.15, 0.2) is 59.6 Å². The van der Waals surface area contributed by atoms with E-state index in [1.165, 1.54) is 11.5 Å². The summed E-state index contributed by atoms with van der Waals surface area (Å²) >= 11 is 1.48. The molecule has 0 saturated heterocycles.